The van der Waals surface area contributed by atoms with E-state index in [1.165, 1.54) is 16.8 Å². The Balaban J connectivity index is 1.77. The molecule has 1 saturated heterocycles. The minimum absolute atomic E-state index is 0.110. The van der Waals surface area contributed by atoms with Crippen LogP contribution in [-0.4, -0.2) is 45.2 Å². The van der Waals surface area contributed by atoms with Crippen molar-refractivity contribution in [2.24, 2.45) is 0 Å². The third kappa shape index (κ3) is 3.94. The largest absolute Gasteiger partial charge is 0.350 e. The maximum Gasteiger partial charge on any atom is 0.245 e. The fourth-order valence-electron chi connectivity index (χ4n) is 2.93. The van der Waals surface area contributed by atoms with Gasteiger partial charge in [-0.2, -0.15) is 0 Å². The Bertz CT molecular complexity index is 680. The summed E-state index contributed by atoms with van der Waals surface area (Å²) in [4.78, 5) is 12.8. The summed E-state index contributed by atoms with van der Waals surface area (Å²) in [7, 11) is 0. The van der Waals surface area contributed by atoms with Crippen molar-refractivity contribution >= 4 is 5.91 Å². The Morgan fingerprint density at radius 3 is 2.88 bits per heavy atom. The van der Waals surface area contributed by atoms with Crippen LogP contribution in [0.25, 0.3) is 0 Å². The maximum atomic E-state index is 13.1. The number of amides is 1. The average molecular weight is 332 g/mol. The number of hydrogen-bond acceptors (Lipinski definition) is 5. The molecule has 1 unspecified atom stereocenters. The van der Waals surface area contributed by atoms with Gasteiger partial charge in [-0.05, 0) is 54.4 Å². The van der Waals surface area contributed by atoms with Crippen molar-refractivity contribution in [3.05, 3.63) is 41.5 Å². The predicted octanol–water partition coefficient (Wildman–Crippen LogP) is 0.773. The highest BCUT2D eigenvalue weighted by Crippen LogP contribution is 2.16. The van der Waals surface area contributed by atoms with Gasteiger partial charge in [0.15, 0.2) is 0 Å². The van der Waals surface area contributed by atoms with E-state index in [4.69, 9.17) is 0 Å². The smallest absolute Gasteiger partial charge is 0.245 e. The standard InChI is InChI=1S/C16H21FN6O/c1-11-20-21-22-23(11)15(9-12-4-6-13(17)7-5-12)16(24)19-14-3-2-8-18-10-14/h4-7,14-15,18H,2-3,8-10H2,1H3,(H,19,24)/t14-,15?/m0/s1. The van der Waals surface area contributed by atoms with Crippen molar-refractivity contribution in [3.8, 4) is 0 Å². The number of piperidine rings is 1. The van der Waals surface area contributed by atoms with Gasteiger partial charge in [-0.3, -0.25) is 4.79 Å². The van der Waals surface area contributed by atoms with Gasteiger partial charge < -0.3 is 10.6 Å². The molecule has 1 aliphatic rings. The number of halogens is 1. The van der Waals surface area contributed by atoms with Crippen molar-refractivity contribution in [2.75, 3.05) is 13.1 Å². The van der Waals surface area contributed by atoms with E-state index in [0.29, 0.717) is 12.2 Å². The lowest BCUT2D eigenvalue weighted by Gasteiger charge is -2.26. The number of aromatic nitrogens is 4. The van der Waals surface area contributed by atoms with Crippen molar-refractivity contribution in [1.82, 2.24) is 30.8 Å². The summed E-state index contributed by atoms with van der Waals surface area (Å²) in [6, 6.07) is 5.68. The zero-order valence-corrected chi connectivity index (χ0v) is 13.6. The first-order chi connectivity index (χ1) is 11.6. The van der Waals surface area contributed by atoms with Gasteiger partial charge in [-0.25, -0.2) is 9.07 Å². The van der Waals surface area contributed by atoms with Gasteiger partial charge in [0.25, 0.3) is 0 Å². The molecule has 0 radical (unpaired) electrons. The Hall–Kier alpha value is -2.35. The molecule has 0 aliphatic carbocycles. The summed E-state index contributed by atoms with van der Waals surface area (Å²) < 4.78 is 14.6. The van der Waals surface area contributed by atoms with Gasteiger partial charge in [0.2, 0.25) is 5.91 Å². The molecule has 1 amide bonds. The lowest BCUT2D eigenvalue weighted by Crippen LogP contribution is -2.48. The molecule has 0 spiro atoms. The van der Waals surface area contributed by atoms with Crippen LogP contribution in [0.1, 0.15) is 30.3 Å². The number of carbonyl (C=O) groups excluding carboxylic acids is 1. The topological polar surface area (TPSA) is 84.7 Å². The second-order valence-electron chi connectivity index (χ2n) is 6.07. The molecule has 0 bridgehead atoms. The fraction of sp³-hybridized carbons (Fsp3) is 0.500. The normalized spacial score (nSPS) is 19.0. The van der Waals surface area contributed by atoms with Crippen molar-refractivity contribution < 1.29 is 9.18 Å². The number of tetrazole rings is 1. The molecule has 2 N–H and O–H groups in total. The fourth-order valence-corrected chi connectivity index (χ4v) is 2.93. The molecule has 8 heteroatoms. The average Bonchev–Trinajstić information content (AvgIpc) is 3.01. The zero-order chi connectivity index (χ0) is 16.9. The summed E-state index contributed by atoms with van der Waals surface area (Å²) in [5.74, 6) is 0.147. The molecular weight excluding hydrogens is 311 g/mol. The van der Waals surface area contributed by atoms with Crippen molar-refractivity contribution in [3.63, 3.8) is 0 Å². The molecular formula is C16H21FN6O. The van der Waals surface area contributed by atoms with E-state index in [1.54, 1.807) is 19.1 Å². The van der Waals surface area contributed by atoms with Gasteiger partial charge in [0, 0.05) is 19.0 Å². The molecule has 1 aromatic carbocycles. The van der Waals surface area contributed by atoms with Crippen LogP contribution in [-0.2, 0) is 11.2 Å². The van der Waals surface area contributed by atoms with Crippen LogP contribution in [0.3, 0.4) is 0 Å². The number of rotatable bonds is 5. The van der Waals surface area contributed by atoms with Gasteiger partial charge in [-0.1, -0.05) is 12.1 Å². The van der Waals surface area contributed by atoms with Crippen LogP contribution >= 0.6 is 0 Å². The van der Waals surface area contributed by atoms with E-state index in [9.17, 15) is 9.18 Å². The van der Waals surface area contributed by atoms with Crippen molar-refractivity contribution in [2.45, 2.75) is 38.3 Å². The van der Waals surface area contributed by atoms with Crippen LogP contribution in [0.15, 0.2) is 24.3 Å². The van der Waals surface area contributed by atoms with E-state index < -0.39 is 6.04 Å². The van der Waals surface area contributed by atoms with E-state index in [-0.39, 0.29) is 17.8 Å². The number of carbonyl (C=O) groups is 1. The minimum atomic E-state index is -0.563. The Labute approximate surface area is 139 Å². The molecule has 24 heavy (non-hydrogen) atoms. The first kappa shape index (κ1) is 16.5. The summed E-state index contributed by atoms with van der Waals surface area (Å²) >= 11 is 0. The number of aryl methyl sites for hydroxylation is 1. The highest BCUT2D eigenvalue weighted by molar-refractivity contribution is 5.80. The molecule has 0 saturated carbocycles. The first-order valence-corrected chi connectivity index (χ1v) is 8.13. The summed E-state index contributed by atoms with van der Waals surface area (Å²) in [6.45, 7) is 3.51. The Kier molecular flexibility index (Phi) is 5.14. The predicted molar refractivity (Wildman–Crippen MR) is 85.7 cm³/mol. The maximum absolute atomic E-state index is 13.1. The summed E-state index contributed by atoms with van der Waals surface area (Å²) in [5.41, 5.74) is 0.855. The van der Waals surface area contributed by atoms with Crippen LogP contribution in [0.4, 0.5) is 4.39 Å². The van der Waals surface area contributed by atoms with Gasteiger partial charge in [0.1, 0.15) is 17.7 Å². The Morgan fingerprint density at radius 1 is 1.46 bits per heavy atom. The van der Waals surface area contributed by atoms with Gasteiger partial charge in [-0.15, -0.1) is 5.10 Å². The third-order valence-corrected chi connectivity index (χ3v) is 4.24. The summed E-state index contributed by atoms with van der Waals surface area (Å²) in [5, 5.41) is 17.8. The molecule has 2 heterocycles. The highest BCUT2D eigenvalue weighted by atomic mass is 19.1. The van der Waals surface area contributed by atoms with Crippen LogP contribution < -0.4 is 10.6 Å². The highest BCUT2D eigenvalue weighted by Gasteiger charge is 2.26. The van der Waals surface area contributed by atoms with E-state index in [1.807, 2.05) is 0 Å². The van der Waals surface area contributed by atoms with E-state index in [0.717, 1.165) is 31.5 Å². The van der Waals surface area contributed by atoms with Gasteiger partial charge >= 0.3 is 0 Å². The second-order valence-corrected chi connectivity index (χ2v) is 6.07. The van der Waals surface area contributed by atoms with E-state index in [2.05, 4.69) is 26.2 Å². The number of nitrogens with zero attached hydrogens (tertiary/aromatic N) is 4. The van der Waals surface area contributed by atoms with Gasteiger partial charge in [0.05, 0.1) is 0 Å². The Morgan fingerprint density at radius 2 is 2.25 bits per heavy atom. The number of hydrogen-bond donors (Lipinski definition) is 2. The molecule has 128 valence electrons. The quantitative estimate of drug-likeness (QED) is 0.845. The molecule has 3 rings (SSSR count). The SMILES string of the molecule is Cc1nnnn1C(Cc1ccc(F)cc1)C(=O)N[C@H]1CCCNC1. The summed E-state index contributed by atoms with van der Waals surface area (Å²) in [6.07, 6.45) is 2.40. The van der Waals surface area contributed by atoms with Crippen LogP contribution in [0.5, 0.6) is 0 Å². The van der Waals surface area contributed by atoms with Crippen LogP contribution in [0.2, 0.25) is 0 Å². The molecule has 7 nitrogen and oxygen atoms in total. The molecule has 1 aliphatic heterocycles. The monoisotopic (exact) mass is 332 g/mol. The molecule has 1 aromatic heterocycles. The number of benzene rings is 1. The number of nitrogens with one attached hydrogen (secondary N) is 2. The first-order valence-electron chi connectivity index (χ1n) is 8.13. The lowest BCUT2D eigenvalue weighted by molar-refractivity contribution is -0.125. The molecule has 2 aromatic rings. The third-order valence-electron chi connectivity index (χ3n) is 4.24. The minimum Gasteiger partial charge on any atom is -0.350 e. The van der Waals surface area contributed by atoms with Crippen molar-refractivity contribution in [1.29, 1.82) is 0 Å². The molecule has 2 atom stereocenters. The van der Waals surface area contributed by atoms with E-state index >= 15 is 0 Å². The lowest BCUT2D eigenvalue weighted by atomic mass is 10.0. The second kappa shape index (κ2) is 7.48. The van der Waals surface area contributed by atoms with Crippen LogP contribution in [0, 0.1) is 12.7 Å². The zero-order valence-electron chi connectivity index (χ0n) is 13.6. The molecule has 1 fully saturated rings.